The number of fused-ring (bicyclic) bond motifs is 1. The van der Waals surface area contributed by atoms with Gasteiger partial charge in [0.2, 0.25) is 0 Å². The Morgan fingerprint density at radius 1 is 1.11 bits per heavy atom. The summed E-state index contributed by atoms with van der Waals surface area (Å²) < 4.78 is 12.2. The lowest BCUT2D eigenvalue weighted by atomic mass is 10.1. The average Bonchev–Trinajstić information content (AvgIpc) is 2.69. The summed E-state index contributed by atoms with van der Waals surface area (Å²) in [6.45, 7) is 0.686. The minimum Gasteiger partial charge on any atom is -0.483 e. The number of hydrogen-bond acceptors (Lipinski definition) is 4. The first kappa shape index (κ1) is 20.2. The molecule has 0 aliphatic heterocycles. The van der Waals surface area contributed by atoms with E-state index in [9.17, 15) is 9.59 Å². The number of methoxy groups -OCH3 is 1. The molecule has 2 aromatic carbocycles. The monoisotopic (exact) mass is 420 g/mol. The topological polar surface area (TPSA) is 69.6 Å². The van der Waals surface area contributed by atoms with Crippen molar-refractivity contribution < 1.29 is 14.3 Å². The fourth-order valence-electron chi connectivity index (χ4n) is 2.70. The van der Waals surface area contributed by atoms with Gasteiger partial charge in [-0.15, -0.1) is 0 Å². The molecule has 0 spiro atoms. The van der Waals surface area contributed by atoms with Gasteiger partial charge in [-0.25, -0.2) is 0 Å². The van der Waals surface area contributed by atoms with Crippen LogP contribution in [0.25, 0.3) is 10.8 Å². The first-order valence-corrected chi connectivity index (χ1v) is 9.24. The average molecular weight is 421 g/mol. The third-order valence-electron chi connectivity index (χ3n) is 4.08. The molecule has 0 fully saturated rings. The number of anilines is 1. The predicted molar refractivity (Wildman–Crippen MR) is 111 cm³/mol. The summed E-state index contributed by atoms with van der Waals surface area (Å²) in [6, 6.07) is 11.8. The number of nitrogens with zero attached hydrogens (tertiary/aromatic N) is 1. The molecule has 3 aromatic rings. The molecule has 0 unspecified atom stereocenters. The summed E-state index contributed by atoms with van der Waals surface area (Å²) in [7, 11) is 1.58. The van der Waals surface area contributed by atoms with Crippen LogP contribution in [0.4, 0.5) is 5.69 Å². The molecule has 3 rings (SSSR count). The van der Waals surface area contributed by atoms with Crippen LogP contribution in [0, 0.1) is 0 Å². The van der Waals surface area contributed by atoms with Crippen LogP contribution >= 0.6 is 23.2 Å². The Labute approximate surface area is 171 Å². The van der Waals surface area contributed by atoms with Crippen LogP contribution in [0.3, 0.4) is 0 Å². The standard InChI is InChI=1S/C20H18Cl2N2O4/c1-27-10-9-24-8-7-14-15(20(24)26)3-2-4-18(14)28-12-19(25)23-13-5-6-16(21)17(22)11-13/h2-8,11H,9-10,12H2,1H3,(H,23,25). The van der Waals surface area contributed by atoms with Crippen molar-refractivity contribution in [1.29, 1.82) is 0 Å². The number of ether oxygens (including phenoxy) is 2. The van der Waals surface area contributed by atoms with E-state index in [0.29, 0.717) is 45.4 Å². The summed E-state index contributed by atoms with van der Waals surface area (Å²) in [5, 5.41) is 4.59. The van der Waals surface area contributed by atoms with Crippen LogP contribution in [-0.2, 0) is 16.1 Å². The predicted octanol–water partition coefficient (Wildman–Crippen LogP) is 3.97. The minimum absolute atomic E-state index is 0.139. The van der Waals surface area contributed by atoms with E-state index in [1.54, 1.807) is 60.3 Å². The lowest BCUT2D eigenvalue weighted by Gasteiger charge is -2.11. The molecule has 146 valence electrons. The molecule has 0 bridgehead atoms. The molecular weight excluding hydrogens is 403 g/mol. The number of rotatable bonds is 7. The van der Waals surface area contributed by atoms with E-state index in [0.717, 1.165) is 0 Å². The second kappa shape index (κ2) is 9.10. The Hall–Kier alpha value is -2.54. The Balaban J connectivity index is 1.73. The number of amides is 1. The fourth-order valence-corrected chi connectivity index (χ4v) is 2.99. The van der Waals surface area contributed by atoms with Gasteiger partial charge in [0.1, 0.15) is 5.75 Å². The van der Waals surface area contributed by atoms with Gasteiger partial charge < -0.3 is 19.4 Å². The van der Waals surface area contributed by atoms with E-state index < -0.39 is 0 Å². The number of benzene rings is 2. The quantitative estimate of drug-likeness (QED) is 0.627. The SMILES string of the molecule is COCCn1ccc2c(OCC(=O)Nc3ccc(Cl)c(Cl)c3)cccc2c1=O. The van der Waals surface area contributed by atoms with Gasteiger partial charge >= 0.3 is 0 Å². The largest absolute Gasteiger partial charge is 0.483 e. The summed E-state index contributed by atoms with van der Waals surface area (Å²) in [5.74, 6) is 0.0987. The van der Waals surface area contributed by atoms with E-state index in [1.165, 1.54) is 0 Å². The lowest BCUT2D eigenvalue weighted by molar-refractivity contribution is -0.118. The number of nitrogens with one attached hydrogen (secondary N) is 1. The maximum Gasteiger partial charge on any atom is 0.262 e. The number of aromatic nitrogens is 1. The Morgan fingerprint density at radius 3 is 2.68 bits per heavy atom. The number of hydrogen-bond donors (Lipinski definition) is 1. The van der Waals surface area contributed by atoms with E-state index in [2.05, 4.69) is 5.32 Å². The highest BCUT2D eigenvalue weighted by Crippen LogP contribution is 2.25. The van der Waals surface area contributed by atoms with Gasteiger partial charge in [-0.1, -0.05) is 29.3 Å². The van der Waals surface area contributed by atoms with Crippen LogP contribution in [-0.4, -0.2) is 30.8 Å². The molecule has 0 radical (unpaired) electrons. The van der Waals surface area contributed by atoms with Crippen LogP contribution in [0.15, 0.2) is 53.5 Å². The highest BCUT2D eigenvalue weighted by molar-refractivity contribution is 6.42. The molecule has 0 atom stereocenters. The van der Waals surface area contributed by atoms with Crippen molar-refractivity contribution >= 4 is 45.6 Å². The molecule has 0 aliphatic rings. The molecule has 1 heterocycles. The number of carbonyl (C=O) groups excluding carboxylic acids is 1. The fraction of sp³-hybridized carbons (Fsp3) is 0.200. The molecule has 8 heteroatoms. The second-order valence-corrected chi connectivity index (χ2v) is 6.80. The molecule has 1 amide bonds. The molecule has 1 aromatic heterocycles. The normalized spacial score (nSPS) is 10.8. The van der Waals surface area contributed by atoms with Crippen molar-refractivity contribution in [3.8, 4) is 5.75 Å². The van der Waals surface area contributed by atoms with E-state index in [-0.39, 0.29) is 18.1 Å². The number of halogens is 2. The van der Waals surface area contributed by atoms with Crippen molar-refractivity contribution in [1.82, 2.24) is 4.57 Å². The van der Waals surface area contributed by atoms with Crippen molar-refractivity contribution in [3.63, 3.8) is 0 Å². The zero-order valence-electron chi connectivity index (χ0n) is 15.1. The molecule has 0 aliphatic carbocycles. The number of carbonyl (C=O) groups is 1. The van der Waals surface area contributed by atoms with Crippen LogP contribution in [0.2, 0.25) is 10.0 Å². The van der Waals surface area contributed by atoms with Crippen LogP contribution in [0.5, 0.6) is 5.75 Å². The first-order valence-electron chi connectivity index (χ1n) is 8.48. The lowest BCUT2D eigenvalue weighted by Crippen LogP contribution is -2.22. The van der Waals surface area contributed by atoms with Gasteiger partial charge in [0.25, 0.3) is 11.5 Å². The summed E-state index contributed by atoms with van der Waals surface area (Å²) in [5.41, 5.74) is 0.377. The molecule has 0 saturated heterocycles. The molecule has 28 heavy (non-hydrogen) atoms. The molecule has 6 nitrogen and oxygen atoms in total. The Kier molecular flexibility index (Phi) is 6.57. The first-order chi connectivity index (χ1) is 13.5. The minimum atomic E-state index is -0.358. The van der Waals surface area contributed by atoms with Gasteiger partial charge in [-0.05, 0) is 36.4 Å². The van der Waals surface area contributed by atoms with Gasteiger partial charge in [0, 0.05) is 30.9 Å². The van der Waals surface area contributed by atoms with Crippen molar-refractivity contribution in [2.45, 2.75) is 6.54 Å². The third-order valence-corrected chi connectivity index (χ3v) is 4.82. The van der Waals surface area contributed by atoms with Gasteiger partial charge in [0.15, 0.2) is 6.61 Å². The Morgan fingerprint density at radius 2 is 1.93 bits per heavy atom. The van der Waals surface area contributed by atoms with Crippen LogP contribution in [0.1, 0.15) is 0 Å². The third kappa shape index (κ3) is 4.65. The van der Waals surface area contributed by atoms with E-state index in [4.69, 9.17) is 32.7 Å². The summed E-state index contributed by atoms with van der Waals surface area (Å²) in [4.78, 5) is 24.7. The maximum absolute atomic E-state index is 12.6. The maximum atomic E-state index is 12.6. The highest BCUT2D eigenvalue weighted by atomic mass is 35.5. The van der Waals surface area contributed by atoms with Crippen molar-refractivity contribution in [2.75, 3.05) is 25.6 Å². The zero-order valence-corrected chi connectivity index (χ0v) is 16.6. The van der Waals surface area contributed by atoms with E-state index in [1.807, 2.05) is 0 Å². The van der Waals surface area contributed by atoms with Gasteiger partial charge in [0.05, 0.1) is 22.0 Å². The summed E-state index contributed by atoms with van der Waals surface area (Å²) in [6.07, 6.45) is 1.69. The second-order valence-electron chi connectivity index (χ2n) is 5.99. The van der Waals surface area contributed by atoms with Crippen LogP contribution < -0.4 is 15.6 Å². The molecule has 0 saturated carbocycles. The smallest absolute Gasteiger partial charge is 0.262 e. The molecular formula is C20H18Cl2N2O4. The van der Waals surface area contributed by atoms with Crippen molar-refractivity contribution in [2.24, 2.45) is 0 Å². The highest BCUT2D eigenvalue weighted by Gasteiger charge is 2.10. The number of pyridine rings is 1. The molecule has 1 N–H and O–H groups in total. The van der Waals surface area contributed by atoms with Gasteiger partial charge in [-0.3, -0.25) is 9.59 Å². The zero-order chi connectivity index (χ0) is 20.1. The Bertz CT molecular complexity index is 1070. The van der Waals surface area contributed by atoms with Crippen molar-refractivity contribution in [3.05, 3.63) is 69.1 Å². The summed E-state index contributed by atoms with van der Waals surface area (Å²) >= 11 is 11.8. The van der Waals surface area contributed by atoms with E-state index >= 15 is 0 Å². The van der Waals surface area contributed by atoms with Gasteiger partial charge in [-0.2, -0.15) is 0 Å².